The van der Waals surface area contributed by atoms with Crippen LogP contribution in [0.5, 0.6) is 0 Å². The molecule has 0 aromatic carbocycles. The molecule has 1 aliphatic heterocycles. The van der Waals surface area contributed by atoms with Crippen molar-refractivity contribution in [1.82, 2.24) is 9.80 Å². The highest BCUT2D eigenvalue weighted by atomic mass is 15.2. The van der Waals surface area contributed by atoms with Gasteiger partial charge in [-0.25, -0.2) is 0 Å². The minimum absolute atomic E-state index is 0.301. The maximum absolute atomic E-state index is 6.16. The number of nitrogens with zero attached hydrogens (tertiary/aromatic N) is 2. The number of rotatable bonds is 4. The van der Waals surface area contributed by atoms with Crippen LogP contribution in [0.25, 0.3) is 0 Å². The van der Waals surface area contributed by atoms with E-state index >= 15 is 0 Å². The van der Waals surface area contributed by atoms with Gasteiger partial charge in [0, 0.05) is 18.6 Å². The molecule has 1 aliphatic carbocycles. The number of nitrogens with two attached hydrogens (primary N) is 1. The second-order valence-electron chi connectivity index (χ2n) is 7.24. The summed E-state index contributed by atoms with van der Waals surface area (Å²) in [6.45, 7) is 7.01. The second-order valence-corrected chi connectivity index (χ2v) is 7.24. The molecule has 2 fully saturated rings. The zero-order valence-electron chi connectivity index (χ0n) is 13.2. The Labute approximate surface area is 119 Å². The summed E-state index contributed by atoms with van der Waals surface area (Å²) in [5, 5.41) is 0. The molecule has 0 atom stereocenters. The first-order valence-electron chi connectivity index (χ1n) is 8.15. The second kappa shape index (κ2) is 6.55. The topological polar surface area (TPSA) is 32.5 Å². The summed E-state index contributed by atoms with van der Waals surface area (Å²) in [4.78, 5) is 5.08. The lowest BCUT2D eigenvalue weighted by molar-refractivity contribution is 0.0444. The van der Waals surface area contributed by atoms with Gasteiger partial charge in [0.25, 0.3) is 0 Å². The molecule has 3 heteroatoms. The highest BCUT2D eigenvalue weighted by Gasteiger charge is 2.37. The molecule has 1 saturated carbocycles. The van der Waals surface area contributed by atoms with Crippen LogP contribution in [0.1, 0.15) is 45.4 Å². The van der Waals surface area contributed by atoms with E-state index in [1.807, 2.05) is 0 Å². The highest BCUT2D eigenvalue weighted by Crippen LogP contribution is 2.36. The summed E-state index contributed by atoms with van der Waals surface area (Å²) in [5.41, 5.74) is 6.46. The fraction of sp³-hybridized carbons (Fsp3) is 1.00. The smallest absolute Gasteiger partial charge is 0.0329 e. The number of likely N-dealkylation sites (N-methyl/N-ethyl adjacent to an activating group) is 1. The molecule has 2 rings (SSSR count). The lowest BCUT2D eigenvalue weighted by Crippen LogP contribution is -2.55. The van der Waals surface area contributed by atoms with E-state index in [4.69, 9.17) is 5.73 Å². The maximum Gasteiger partial charge on any atom is 0.0329 e. The van der Waals surface area contributed by atoms with Gasteiger partial charge in [0.05, 0.1) is 0 Å². The minimum Gasteiger partial charge on any atom is -0.329 e. The van der Waals surface area contributed by atoms with Gasteiger partial charge < -0.3 is 10.6 Å². The quantitative estimate of drug-likeness (QED) is 0.847. The van der Waals surface area contributed by atoms with Crippen LogP contribution in [0.4, 0.5) is 0 Å². The standard InChI is InChI=1S/C16H33N3/c1-14-4-8-16(13-17,9-5-14)19(3)12-15-6-10-18(2)11-7-15/h14-15H,4-13,17H2,1-3H3. The number of piperidine rings is 1. The Hall–Kier alpha value is -0.120. The summed E-state index contributed by atoms with van der Waals surface area (Å²) < 4.78 is 0. The maximum atomic E-state index is 6.16. The molecule has 0 aromatic heterocycles. The van der Waals surface area contributed by atoms with E-state index in [1.165, 1.54) is 58.2 Å². The Kier molecular flexibility index (Phi) is 5.27. The summed E-state index contributed by atoms with van der Waals surface area (Å²) in [7, 11) is 4.56. The minimum atomic E-state index is 0.301. The Morgan fingerprint density at radius 2 is 1.74 bits per heavy atom. The van der Waals surface area contributed by atoms with Crippen LogP contribution >= 0.6 is 0 Å². The summed E-state index contributed by atoms with van der Waals surface area (Å²) in [5.74, 6) is 1.78. The Bertz CT molecular complexity index is 263. The first-order valence-corrected chi connectivity index (χ1v) is 8.15. The summed E-state index contributed by atoms with van der Waals surface area (Å²) in [6, 6.07) is 0. The monoisotopic (exact) mass is 267 g/mol. The van der Waals surface area contributed by atoms with Crippen LogP contribution in [0.15, 0.2) is 0 Å². The SMILES string of the molecule is CC1CCC(CN)(N(C)CC2CCN(C)CC2)CC1. The van der Waals surface area contributed by atoms with Crippen molar-refractivity contribution in [3.05, 3.63) is 0 Å². The third-order valence-electron chi connectivity index (χ3n) is 5.76. The molecule has 1 saturated heterocycles. The Balaban J connectivity index is 1.88. The zero-order valence-corrected chi connectivity index (χ0v) is 13.2. The van der Waals surface area contributed by atoms with Crippen LogP contribution in [-0.2, 0) is 0 Å². The molecular formula is C16H33N3. The van der Waals surface area contributed by atoms with E-state index in [2.05, 4.69) is 30.8 Å². The van der Waals surface area contributed by atoms with Crippen molar-refractivity contribution in [2.75, 3.05) is 40.3 Å². The van der Waals surface area contributed by atoms with Gasteiger partial charge in [-0.15, -0.1) is 0 Å². The predicted octanol–water partition coefficient (Wildman–Crippen LogP) is 2.17. The third kappa shape index (κ3) is 3.71. The predicted molar refractivity (Wildman–Crippen MR) is 82.3 cm³/mol. The van der Waals surface area contributed by atoms with Gasteiger partial charge in [-0.3, -0.25) is 4.90 Å². The van der Waals surface area contributed by atoms with Crippen LogP contribution in [0.2, 0.25) is 0 Å². The molecule has 0 radical (unpaired) electrons. The molecule has 1 heterocycles. The molecular weight excluding hydrogens is 234 g/mol. The van der Waals surface area contributed by atoms with Gasteiger partial charge >= 0.3 is 0 Å². The molecule has 2 aliphatic rings. The fourth-order valence-corrected chi connectivity index (χ4v) is 3.87. The van der Waals surface area contributed by atoms with Crippen molar-refractivity contribution in [2.24, 2.45) is 17.6 Å². The third-order valence-corrected chi connectivity index (χ3v) is 5.76. The van der Waals surface area contributed by atoms with Gasteiger partial charge in [-0.1, -0.05) is 6.92 Å². The zero-order chi connectivity index (χ0) is 13.9. The molecule has 112 valence electrons. The van der Waals surface area contributed by atoms with E-state index in [0.29, 0.717) is 5.54 Å². The molecule has 0 spiro atoms. The van der Waals surface area contributed by atoms with Crippen molar-refractivity contribution in [3.8, 4) is 0 Å². The normalized spacial score (nSPS) is 34.9. The van der Waals surface area contributed by atoms with Crippen molar-refractivity contribution in [2.45, 2.75) is 51.0 Å². The molecule has 0 bridgehead atoms. The van der Waals surface area contributed by atoms with E-state index < -0.39 is 0 Å². The first kappa shape index (κ1) is 15.3. The van der Waals surface area contributed by atoms with E-state index in [0.717, 1.165) is 18.4 Å². The molecule has 3 nitrogen and oxygen atoms in total. The van der Waals surface area contributed by atoms with Crippen molar-refractivity contribution >= 4 is 0 Å². The largest absolute Gasteiger partial charge is 0.329 e. The van der Waals surface area contributed by atoms with Crippen molar-refractivity contribution < 1.29 is 0 Å². The molecule has 0 aromatic rings. The van der Waals surface area contributed by atoms with E-state index in [1.54, 1.807) is 0 Å². The number of likely N-dealkylation sites (tertiary alicyclic amines) is 1. The molecule has 0 amide bonds. The van der Waals surface area contributed by atoms with Crippen molar-refractivity contribution in [1.29, 1.82) is 0 Å². The van der Waals surface area contributed by atoms with Crippen LogP contribution < -0.4 is 5.73 Å². The van der Waals surface area contributed by atoms with Crippen LogP contribution in [0, 0.1) is 11.8 Å². The van der Waals surface area contributed by atoms with Gasteiger partial charge in [0.15, 0.2) is 0 Å². The van der Waals surface area contributed by atoms with Gasteiger partial charge in [-0.05, 0) is 77.5 Å². The Morgan fingerprint density at radius 1 is 1.16 bits per heavy atom. The summed E-state index contributed by atoms with van der Waals surface area (Å²) in [6.07, 6.45) is 8.03. The van der Waals surface area contributed by atoms with E-state index in [-0.39, 0.29) is 0 Å². The first-order chi connectivity index (χ1) is 9.05. The molecule has 19 heavy (non-hydrogen) atoms. The summed E-state index contributed by atoms with van der Waals surface area (Å²) >= 11 is 0. The highest BCUT2D eigenvalue weighted by molar-refractivity contribution is 4.95. The van der Waals surface area contributed by atoms with E-state index in [9.17, 15) is 0 Å². The average molecular weight is 267 g/mol. The van der Waals surface area contributed by atoms with Gasteiger partial charge in [0.2, 0.25) is 0 Å². The lowest BCUT2D eigenvalue weighted by Gasteiger charge is -2.47. The number of hydrogen-bond donors (Lipinski definition) is 1. The lowest BCUT2D eigenvalue weighted by atomic mass is 9.75. The molecule has 0 unspecified atom stereocenters. The number of hydrogen-bond acceptors (Lipinski definition) is 3. The van der Waals surface area contributed by atoms with Crippen LogP contribution in [-0.4, -0.2) is 55.6 Å². The van der Waals surface area contributed by atoms with Gasteiger partial charge in [-0.2, -0.15) is 0 Å². The van der Waals surface area contributed by atoms with Gasteiger partial charge in [0.1, 0.15) is 0 Å². The molecule has 2 N–H and O–H groups in total. The van der Waals surface area contributed by atoms with Crippen molar-refractivity contribution in [3.63, 3.8) is 0 Å². The van der Waals surface area contributed by atoms with Crippen LogP contribution in [0.3, 0.4) is 0 Å². The average Bonchev–Trinajstić information content (AvgIpc) is 2.42. The Morgan fingerprint density at radius 3 is 2.26 bits per heavy atom. The fourth-order valence-electron chi connectivity index (χ4n) is 3.87.